The molecule has 1 amide bonds. The molecular weight excluding hydrogens is 474 g/mol. The highest BCUT2D eigenvalue weighted by Crippen LogP contribution is 2.29. The van der Waals surface area contributed by atoms with E-state index in [1.807, 2.05) is 47.4 Å². The van der Waals surface area contributed by atoms with Crippen molar-refractivity contribution in [3.05, 3.63) is 57.2 Å². The molecule has 1 atom stereocenters. The third kappa shape index (κ3) is 4.19. The number of hydrogen-bond acceptors (Lipinski definition) is 3. The molecule has 2 heterocycles. The molecule has 0 aliphatic carbocycles. The van der Waals surface area contributed by atoms with E-state index in [-0.39, 0.29) is 18.4 Å². The van der Waals surface area contributed by atoms with E-state index >= 15 is 0 Å². The van der Waals surface area contributed by atoms with E-state index in [0.717, 1.165) is 45.2 Å². The number of likely N-dealkylation sites (tertiary alicyclic amines) is 1. The number of aromatic amines is 1. The van der Waals surface area contributed by atoms with Gasteiger partial charge in [-0.15, -0.1) is 0 Å². The van der Waals surface area contributed by atoms with E-state index in [1.165, 1.54) is 0 Å². The molecular formula is C20H19Br2N3O2. The highest BCUT2D eigenvalue weighted by atomic mass is 79.9. The second-order valence-corrected chi connectivity index (χ2v) is 8.45. The van der Waals surface area contributed by atoms with Crippen molar-refractivity contribution >= 4 is 48.8 Å². The number of fused-ring (bicyclic) bond motifs is 1. The highest BCUT2D eigenvalue weighted by Gasteiger charge is 2.27. The van der Waals surface area contributed by atoms with E-state index in [2.05, 4.69) is 36.8 Å². The van der Waals surface area contributed by atoms with Gasteiger partial charge in [-0.3, -0.25) is 4.79 Å². The predicted octanol–water partition coefficient (Wildman–Crippen LogP) is 4.87. The number of rotatable bonds is 4. The number of ether oxygens (including phenoxy) is 1. The van der Waals surface area contributed by atoms with Gasteiger partial charge in [0.15, 0.2) is 6.61 Å². The van der Waals surface area contributed by atoms with Crippen molar-refractivity contribution in [1.29, 1.82) is 0 Å². The molecule has 5 nitrogen and oxygen atoms in total. The Labute approximate surface area is 174 Å². The third-order valence-corrected chi connectivity index (χ3v) is 5.93. The first kappa shape index (κ1) is 18.5. The minimum atomic E-state index is 0.00521. The second kappa shape index (κ2) is 8.02. The number of nitrogens with one attached hydrogen (secondary N) is 1. The first-order valence-electron chi connectivity index (χ1n) is 8.90. The minimum absolute atomic E-state index is 0.00521. The minimum Gasteiger partial charge on any atom is -0.483 e. The maximum Gasteiger partial charge on any atom is 0.260 e. The maximum absolute atomic E-state index is 12.6. The average molecular weight is 493 g/mol. The fraction of sp³-hybridized carbons (Fsp3) is 0.300. The first-order valence-corrected chi connectivity index (χ1v) is 10.5. The molecule has 1 fully saturated rings. The van der Waals surface area contributed by atoms with E-state index in [4.69, 9.17) is 9.72 Å². The molecule has 4 rings (SSSR count). The number of benzene rings is 2. The van der Waals surface area contributed by atoms with Gasteiger partial charge in [-0.1, -0.05) is 28.1 Å². The fourth-order valence-corrected chi connectivity index (χ4v) is 4.58. The molecule has 2 aromatic carbocycles. The number of para-hydroxylation sites is 2. The number of carbonyl (C=O) groups is 1. The van der Waals surface area contributed by atoms with Crippen molar-refractivity contribution in [3.63, 3.8) is 0 Å². The summed E-state index contributed by atoms with van der Waals surface area (Å²) in [5.41, 5.74) is 2.01. The van der Waals surface area contributed by atoms with E-state index in [0.29, 0.717) is 12.3 Å². The second-order valence-electron chi connectivity index (χ2n) is 6.68. The zero-order valence-electron chi connectivity index (χ0n) is 14.6. The highest BCUT2D eigenvalue weighted by molar-refractivity contribution is 9.11. The Bertz CT molecular complexity index is 940. The van der Waals surface area contributed by atoms with Crippen LogP contribution in [0.15, 0.2) is 51.4 Å². The van der Waals surface area contributed by atoms with E-state index < -0.39 is 0 Å². The van der Waals surface area contributed by atoms with Crippen molar-refractivity contribution in [2.45, 2.75) is 18.8 Å². The SMILES string of the molecule is O=C(COc1ccc(Br)cc1Br)N1CCCC(c2nc3ccccc3[nH]2)C1. The zero-order valence-corrected chi connectivity index (χ0v) is 17.8. The summed E-state index contributed by atoms with van der Waals surface area (Å²) in [5, 5.41) is 0. The molecule has 1 aliphatic rings. The van der Waals surface area contributed by atoms with Crippen LogP contribution in [0.2, 0.25) is 0 Å². The maximum atomic E-state index is 12.6. The fourth-order valence-electron chi connectivity index (χ4n) is 3.42. The number of aromatic nitrogens is 2. The van der Waals surface area contributed by atoms with Crippen molar-refractivity contribution in [3.8, 4) is 5.75 Å². The Hall–Kier alpha value is -1.86. The van der Waals surface area contributed by atoms with Gasteiger partial charge in [-0.05, 0) is 59.1 Å². The van der Waals surface area contributed by atoms with Crippen LogP contribution in [0.1, 0.15) is 24.6 Å². The van der Waals surface area contributed by atoms with Crippen LogP contribution in [0, 0.1) is 0 Å². The molecule has 140 valence electrons. The van der Waals surface area contributed by atoms with Crippen LogP contribution >= 0.6 is 31.9 Å². The molecule has 1 aromatic heterocycles. The summed E-state index contributed by atoms with van der Waals surface area (Å²) in [6.45, 7) is 1.47. The number of imidazole rings is 1. The molecule has 1 N–H and O–H groups in total. The first-order chi connectivity index (χ1) is 13.1. The molecule has 1 aliphatic heterocycles. The largest absolute Gasteiger partial charge is 0.483 e. The summed E-state index contributed by atoms with van der Waals surface area (Å²) in [6, 6.07) is 13.7. The standard InChI is InChI=1S/C20H19Br2N3O2/c21-14-7-8-18(15(22)10-14)27-12-19(26)25-9-3-4-13(11-25)20-23-16-5-1-2-6-17(16)24-20/h1-2,5-8,10,13H,3-4,9,11-12H2,(H,23,24). The molecule has 1 saturated heterocycles. The van der Waals surface area contributed by atoms with Gasteiger partial charge in [-0.25, -0.2) is 4.98 Å². The quantitative estimate of drug-likeness (QED) is 0.565. The molecule has 3 aromatic rings. The van der Waals surface area contributed by atoms with Crippen molar-refractivity contribution in [2.75, 3.05) is 19.7 Å². The number of piperidine rings is 1. The van der Waals surface area contributed by atoms with Crippen LogP contribution in [-0.2, 0) is 4.79 Å². The smallest absolute Gasteiger partial charge is 0.260 e. The van der Waals surface area contributed by atoms with Crippen LogP contribution < -0.4 is 4.74 Å². The molecule has 0 spiro atoms. The van der Waals surface area contributed by atoms with Gasteiger partial charge in [0.1, 0.15) is 11.6 Å². The molecule has 0 bridgehead atoms. The Balaban J connectivity index is 1.40. The summed E-state index contributed by atoms with van der Waals surface area (Å²) in [6.07, 6.45) is 2.00. The lowest BCUT2D eigenvalue weighted by molar-refractivity contribution is -0.134. The Morgan fingerprint density at radius 3 is 2.93 bits per heavy atom. The van der Waals surface area contributed by atoms with Crippen LogP contribution in [0.5, 0.6) is 5.75 Å². The lowest BCUT2D eigenvalue weighted by Gasteiger charge is -2.31. The lowest BCUT2D eigenvalue weighted by atomic mass is 9.97. The van der Waals surface area contributed by atoms with Crippen molar-refractivity contribution in [1.82, 2.24) is 14.9 Å². The van der Waals surface area contributed by atoms with Crippen LogP contribution in [-0.4, -0.2) is 40.5 Å². The van der Waals surface area contributed by atoms with Crippen LogP contribution in [0.25, 0.3) is 11.0 Å². The van der Waals surface area contributed by atoms with Crippen molar-refractivity contribution < 1.29 is 9.53 Å². The van der Waals surface area contributed by atoms with Crippen LogP contribution in [0.4, 0.5) is 0 Å². The number of nitrogens with zero attached hydrogens (tertiary/aromatic N) is 2. The number of H-pyrrole nitrogens is 1. The summed E-state index contributed by atoms with van der Waals surface area (Å²) in [7, 11) is 0. The van der Waals surface area contributed by atoms with Crippen LogP contribution in [0.3, 0.4) is 0 Å². The molecule has 0 radical (unpaired) electrons. The van der Waals surface area contributed by atoms with Gasteiger partial charge in [-0.2, -0.15) is 0 Å². The van der Waals surface area contributed by atoms with Gasteiger partial charge in [0.05, 0.1) is 15.5 Å². The van der Waals surface area contributed by atoms with Gasteiger partial charge in [0, 0.05) is 23.5 Å². The molecule has 0 saturated carbocycles. The van der Waals surface area contributed by atoms with E-state index in [1.54, 1.807) is 0 Å². The number of halogens is 2. The van der Waals surface area contributed by atoms with Gasteiger partial charge in [0.25, 0.3) is 5.91 Å². The number of amides is 1. The molecule has 1 unspecified atom stereocenters. The van der Waals surface area contributed by atoms with Gasteiger partial charge >= 0.3 is 0 Å². The Morgan fingerprint density at radius 2 is 2.11 bits per heavy atom. The molecule has 7 heteroatoms. The number of hydrogen-bond donors (Lipinski definition) is 1. The monoisotopic (exact) mass is 491 g/mol. The zero-order chi connectivity index (χ0) is 18.8. The normalized spacial score (nSPS) is 17.3. The summed E-state index contributed by atoms with van der Waals surface area (Å²) >= 11 is 6.87. The van der Waals surface area contributed by atoms with Gasteiger partial charge < -0.3 is 14.6 Å². The third-order valence-electron chi connectivity index (χ3n) is 4.81. The predicted molar refractivity (Wildman–Crippen MR) is 112 cm³/mol. The summed E-state index contributed by atoms with van der Waals surface area (Å²) in [5.74, 6) is 1.86. The Kier molecular flexibility index (Phi) is 5.50. The summed E-state index contributed by atoms with van der Waals surface area (Å²) in [4.78, 5) is 22.6. The topological polar surface area (TPSA) is 58.2 Å². The summed E-state index contributed by atoms with van der Waals surface area (Å²) < 4.78 is 7.49. The average Bonchev–Trinajstić information content (AvgIpc) is 3.11. The van der Waals surface area contributed by atoms with Gasteiger partial charge in [0.2, 0.25) is 0 Å². The van der Waals surface area contributed by atoms with E-state index in [9.17, 15) is 4.79 Å². The number of carbonyl (C=O) groups excluding carboxylic acids is 1. The molecule has 27 heavy (non-hydrogen) atoms. The Morgan fingerprint density at radius 1 is 1.26 bits per heavy atom. The van der Waals surface area contributed by atoms with Crippen molar-refractivity contribution in [2.24, 2.45) is 0 Å². The lowest BCUT2D eigenvalue weighted by Crippen LogP contribution is -2.41.